The van der Waals surface area contributed by atoms with Gasteiger partial charge in [-0.1, -0.05) is 86.7 Å². The number of aromatic hydroxyl groups is 1. The van der Waals surface area contributed by atoms with E-state index < -0.39 is 29.2 Å². The second-order valence-corrected chi connectivity index (χ2v) is 15.4. The number of phenols is 1. The Morgan fingerprint density at radius 1 is 0.891 bits per heavy atom. The lowest BCUT2D eigenvalue weighted by Gasteiger charge is -2.45. The maximum Gasteiger partial charge on any atom is 0.265 e. The predicted molar refractivity (Wildman–Crippen MR) is 205 cm³/mol. The first-order chi connectivity index (χ1) is 26.5. The molecule has 284 valence electrons. The number of fused-ring (bicyclic) bond motifs is 4. The van der Waals surface area contributed by atoms with E-state index in [1.807, 2.05) is 73.7 Å². The molecule has 1 aromatic heterocycles. The molecule has 0 saturated carbocycles. The Labute approximate surface area is 319 Å². The van der Waals surface area contributed by atoms with Crippen molar-refractivity contribution in [2.45, 2.75) is 77.3 Å². The van der Waals surface area contributed by atoms with Gasteiger partial charge in [-0.3, -0.25) is 9.59 Å². The number of ether oxygens (including phenoxy) is 4. The van der Waals surface area contributed by atoms with Crippen LogP contribution in [0.1, 0.15) is 99.9 Å². The number of benzene rings is 4. The Bertz CT molecular complexity index is 2330. The fourth-order valence-electron chi connectivity index (χ4n) is 9.10. The second kappa shape index (κ2) is 14.0. The zero-order valence-electron chi connectivity index (χ0n) is 31.7. The molecule has 0 aliphatic heterocycles. The van der Waals surface area contributed by atoms with Gasteiger partial charge in [-0.15, -0.1) is 0 Å². The van der Waals surface area contributed by atoms with E-state index in [1.54, 1.807) is 13.2 Å². The number of Topliss-reactive ketones (excluding diaryl/α,β-unsaturated/α-hetero) is 2. The lowest BCUT2D eigenvalue weighted by Crippen LogP contribution is -2.60. The number of phenolic OH excluding ortho intramolecular Hbond substituents is 1. The Morgan fingerprint density at radius 3 is 2.18 bits per heavy atom. The fraction of sp³-hybridized carbons (Fsp3) is 0.356. The molecule has 0 radical (unpaired) electrons. The summed E-state index contributed by atoms with van der Waals surface area (Å²) in [6.07, 6.45) is 5.44. The lowest BCUT2D eigenvalue weighted by atomic mass is 9.61. The molecule has 0 spiro atoms. The summed E-state index contributed by atoms with van der Waals surface area (Å²) < 4.78 is 30.3. The second-order valence-electron chi connectivity index (χ2n) is 15.4. The number of ketones is 2. The van der Waals surface area contributed by atoms with Gasteiger partial charge in [-0.05, 0) is 70.3 Å². The SMILES string of the molecule is C/C=C/CCC(C)(C)C1Cc2c3c(c(O)c4c(OCc5ccccc5)cc(OC)c1c24)C(=O)C1(O)C(=O)c2c(OCc4ccccc4)noc2CC1C3OC. The molecule has 4 aromatic carbocycles. The van der Waals surface area contributed by atoms with Gasteiger partial charge in [0.2, 0.25) is 11.6 Å². The van der Waals surface area contributed by atoms with Crippen LogP contribution in [0.5, 0.6) is 23.1 Å². The summed E-state index contributed by atoms with van der Waals surface area (Å²) in [7, 11) is 3.11. The van der Waals surface area contributed by atoms with Crippen LogP contribution in [-0.4, -0.2) is 46.8 Å². The van der Waals surface area contributed by atoms with Crippen molar-refractivity contribution >= 4 is 22.3 Å². The fourth-order valence-corrected chi connectivity index (χ4v) is 9.10. The minimum absolute atomic E-state index is 0.0319. The zero-order valence-corrected chi connectivity index (χ0v) is 31.7. The van der Waals surface area contributed by atoms with Crippen LogP contribution in [0.15, 0.2) is 83.4 Å². The van der Waals surface area contributed by atoms with Gasteiger partial charge < -0.3 is 33.7 Å². The summed E-state index contributed by atoms with van der Waals surface area (Å²) >= 11 is 0. The number of rotatable bonds is 12. The molecule has 0 amide bonds. The Kier molecular flexibility index (Phi) is 9.30. The summed E-state index contributed by atoms with van der Waals surface area (Å²) in [5.74, 6) is -2.33. The third-order valence-electron chi connectivity index (χ3n) is 12.0. The van der Waals surface area contributed by atoms with Gasteiger partial charge in [0, 0.05) is 31.1 Å². The van der Waals surface area contributed by atoms with Gasteiger partial charge in [0.1, 0.15) is 36.0 Å². The Morgan fingerprint density at radius 2 is 1.55 bits per heavy atom. The van der Waals surface area contributed by atoms with Crippen LogP contribution < -0.4 is 14.2 Å². The highest BCUT2D eigenvalue weighted by atomic mass is 16.5. The quantitative estimate of drug-likeness (QED) is 0.0947. The molecule has 10 heteroatoms. The molecule has 4 unspecified atom stereocenters. The van der Waals surface area contributed by atoms with Crippen LogP contribution in [0.25, 0.3) is 10.8 Å². The summed E-state index contributed by atoms with van der Waals surface area (Å²) in [5.41, 5.74) is 0.817. The van der Waals surface area contributed by atoms with Crippen molar-refractivity contribution in [3.05, 3.63) is 124 Å². The number of carbonyl (C=O) groups is 2. The van der Waals surface area contributed by atoms with E-state index in [9.17, 15) is 15.0 Å². The van der Waals surface area contributed by atoms with Crippen molar-refractivity contribution in [3.8, 4) is 23.1 Å². The molecular weight excluding hydrogens is 698 g/mol. The van der Waals surface area contributed by atoms with Crippen LogP contribution in [0.2, 0.25) is 0 Å². The average molecular weight is 744 g/mol. The molecule has 5 aromatic rings. The van der Waals surface area contributed by atoms with E-state index in [2.05, 4.69) is 25.1 Å². The van der Waals surface area contributed by atoms with Crippen molar-refractivity contribution in [2.24, 2.45) is 11.3 Å². The highest BCUT2D eigenvalue weighted by Crippen LogP contribution is 2.62. The standard InChI is InChI=1S/C45H45NO9/c1-6-7-14-19-44(2,3)28-20-27-33-35(28)30(51-4)22-31(53-23-25-15-10-8-11-16-25)36(33)39(47)38-34(27)40(52-5)29-21-32-37(41(48)45(29,50)42(38)49)43(46-55-32)54-24-26-17-12-9-13-18-26/h6-13,15-18,22,28-29,40,47,50H,14,19-21,23-24H2,1-5H3/b7-6+. The number of hydrogen-bond acceptors (Lipinski definition) is 10. The van der Waals surface area contributed by atoms with Crippen molar-refractivity contribution < 1.29 is 43.3 Å². The number of allylic oxidation sites excluding steroid dienone is 2. The summed E-state index contributed by atoms with van der Waals surface area (Å²) in [4.78, 5) is 29.6. The van der Waals surface area contributed by atoms with Gasteiger partial charge in [-0.2, -0.15) is 0 Å². The average Bonchev–Trinajstić information content (AvgIpc) is 3.80. The maximum absolute atomic E-state index is 15.0. The molecule has 0 bridgehead atoms. The normalized spacial score (nSPS) is 21.5. The first kappa shape index (κ1) is 36.5. The van der Waals surface area contributed by atoms with E-state index in [0.29, 0.717) is 28.9 Å². The van der Waals surface area contributed by atoms with E-state index >= 15 is 4.79 Å². The van der Waals surface area contributed by atoms with Gasteiger partial charge >= 0.3 is 0 Å². The van der Waals surface area contributed by atoms with Crippen molar-refractivity contribution in [1.29, 1.82) is 0 Å². The number of hydrogen-bond donors (Lipinski definition) is 2. The van der Waals surface area contributed by atoms with Gasteiger partial charge in [0.15, 0.2) is 11.4 Å². The highest BCUT2D eigenvalue weighted by Gasteiger charge is 2.64. The van der Waals surface area contributed by atoms with E-state index in [-0.39, 0.29) is 59.5 Å². The molecule has 8 rings (SSSR count). The van der Waals surface area contributed by atoms with Crippen molar-refractivity contribution in [1.82, 2.24) is 5.16 Å². The first-order valence-electron chi connectivity index (χ1n) is 18.7. The molecule has 55 heavy (non-hydrogen) atoms. The maximum atomic E-state index is 15.0. The Hall–Kier alpha value is -5.45. The molecule has 10 nitrogen and oxygen atoms in total. The molecule has 0 fully saturated rings. The summed E-state index contributed by atoms with van der Waals surface area (Å²) in [5, 5.41) is 30.2. The topological polar surface area (TPSA) is 138 Å². The van der Waals surface area contributed by atoms with Crippen LogP contribution >= 0.6 is 0 Å². The molecule has 4 atom stereocenters. The Balaban J connectivity index is 1.31. The predicted octanol–water partition coefficient (Wildman–Crippen LogP) is 8.39. The van der Waals surface area contributed by atoms with Gasteiger partial charge in [0.25, 0.3) is 5.88 Å². The van der Waals surface area contributed by atoms with Crippen LogP contribution in [-0.2, 0) is 30.8 Å². The molecular formula is C45H45NO9. The largest absolute Gasteiger partial charge is 0.506 e. The number of aromatic nitrogens is 1. The number of nitrogens with zero attached hydrogens (tertiary/aromatic N) is 1. The zero-order chi connectivity index (χ0) is 38.6. The van der Waals surface area contributed by atoms with Gasteiger partial charge in [-0.25, -0.2) is 0 Å². The van der Waals surface area contributed by atoms with E-state index in [4.69, 9.17) is 23.5 Å². The highest BCUT2D eigenvalue weighted by molar-refractivity contribution is 6.27. The van der Waals surface area contributed by atoms with Crippen molar-refractivity contribution in [3.63, 3.8) is 0 Å². The summed E-state index contributed by atoms with van der Waals surface area (Å²) in [6.45, 7) is 6.74. The van der Waals surface area contributed by atoms with Crippen molar-refractivity contribution in [2.75, 3.05) is 14.2 Å². The van der Waals surface area contributed by atoms with Crippen LogP contribution in [0.4, 0.5) is 0 Å². The third kappa shape index (κ3) is 5.73. The molecule has 3 aliphatic rings. The van der Waals surface area contributed by atoms with Crippen LogP contribution in [0, 0.1) is 11.3 Å². The van der Waals surface area contributed by atoms with Gasteiger partial charge in [0.05, 0.1) is 24.2 Å². The number of methoxy groups -OCH3 is 2. The minimum atomic E-state index is -2.61. The number of aliphatic hydroxyl groups is 1. The lowest BCUT2D eigenvalue weighted by molar-refractivity contribution is -0.0607. The molecule has 3 aliphatic carbocycles. The van der Waals surface area contributed by atoms with E-state index in [1.165, 1.54) is 7.11 Å². The smallest absolute Gasteiger partial charge is 0.265 e. The van der Waals surface area contributed by atoms with Crippen LogP contribution in [0.3, 0.4) is 0 Å². The summed E-state index contributed by atoms with van der Waals surface area (Å²) in [6, 6.07) is 20.8. The monoisotopic (exact) mass is 743 g/mol. The molecule has 2 N–H and O–H groups in total. The third-order valence-corrected chi connectivity index (χ3v) is 12.0. The minimum Gasteiger partial charge on any atom is -0.506 e. The molecule has 0 saturated heterocycles. The van der Waals surface area contributed by atoms with E-state index in [0.717, 1.165) is 40.5 Å². The number of carbonyl (C=O) groups excluding carboxylic acids is 2. The molecule has 1 heterocycles. The first-order valence-corrected chi connectivity index (χ1v) is 18.7.